The van der Waals surface area contributed by atoms with Crippen molar-refractivity contribution in [3.05, 3.63) is 35.4 Å². The Morgan fingerprint density at radius 3 is 2.64 bits per heavy atom. The lowest BCUT2D eigenvalue weighted by Gasteiger charge is -2.06. The van der Waals surface area contributed by atoms with Crippen LogP contribution in [0.1, 0.15) is 44.2 Å². The van der Waals surface area contributed by atoms with Gasteiger partial charge < -0.3 is 0 Å². The van der Waals surface area contributed by atoms with E-state index < -0.39 is 5.92 Å². The standard InChI is InChI=1S/C16H20N4O2/c1-10(2)13-6-4-12(5-7-13)9-17-19-15(21)8-14-11(3)18-20-16(14)22/h4-7,9-10,14H,8H2,1-3H3,(H,19,21)(H,20,22)/b17-9-/t14-/m0/s1. The van der Waals surface area contributed by atoms with Crippen LogP contribution in [0, 0.1) is 5.92 Å². The SMILES string of the molecule is CC1=NNC(=O)[C@H]1CC(=O)N/N=C\c1ccc(C(C)C)cc1. The number of hydrazone groups is 2. The van der Waals surface area contributed by atoms with Crippen LogP contribution in [0.2, 0.25) is 0 Å². The number of hydrogen-bond donors (Lipinski definition) is 2. The molecule has 0 radical (unpaired) electrons. The van der Waals surface area contributed by atoms with Crippen molar-refractivity contribution in [2.75, 3.05) is 0 Å². The highest BCUT2D eigenvalue weighted by molar-refractivity contribution is 6.09. The third-order valence-corrected chi connectivity index (χ3v) is 3.56. The molecule has 0 aliphatic carbocycles. The minimum atomic E-state index is -0.500. The van der Waals surface area contributed by atoms with Crippen LogP contribution >= 0.6 is 0 Å². The van der Waals surface area contributed by atoms with Crippen molar-refractivity contribution < 1.29 is 9.59 Å². The van der Waals surface area contributed by atoms with Gasteiger partial charge >= 0.3 is 0 Å². The predicted molar refractivity (Wildman–Crippen MR) is 85.6 cm³/mol. The molecule has 0 saturated carbocycles. The van der Waals surface area contributed by atoms with E-state index in [4.69, 9.17) is 0 Å². The van der Waals surface area contributed by atoms with Crippen molar-refractivity contribution in [1.82, 2.24) is 10.9 Å². The molecule has 6 heteroatoms. The summed E-state index contributed by atoms with van der Waals surface area (Å²) in [5.74, 6) is -0.582. The largest absolute Gasteiger partial charge is 0.273 e. The molecular weight excluding hydrogens is 280 g/mol. The van der Waals surface area contributed by atoms with E-state index in [1.807, 2.05) is 24.3 Å². The summed E-state index contributed by atoms with van der Waals surface area (Å²) in [7, 11) is 0. The summed E-state index contributed by atoms with van der Waals surface area (Å²) in [6.07, 6.45) is 1.63. The van der Waals surface area contributed by atoms with Gasteiger partial charge in [-0.05, 0) is 24.0 Å². The number of nitrogens with zero attached hydrogens (tertiary/aromatic N) is 2. The molecule has 0 aromatic heterocycles. The van der Waals surface area contributed by atoms with Gasteiger partial charge in [0.15, 0.2) is 0 Å². The van der Waals surface area contributed by atoms with Gasteiger partial charge in [-0.3, -0.25) is 9.59 Å². The van der Waals surface area contributed by atoms with E-state index in [-0.39, 0.29) is 18.2 Å². The van der Waals surface area contributed by atoms with Gasteiger partial charge in [-0.1, -0.05) is 38.1 Å². The van der Waals surface area contributed by atoms with Crippen molar-refractivity contribution in [2.24, 2.45) is 16.1 Å². The van der Waals surface area contributed by atoms with Crippen molar-refractivity contribution >= 4 is 23.7 Å². The molecule has 2 N–H and O–H groups in total. The van der Waals surface area contributed by atoms with E-state index in [2.05, 4.69) is 34.9 Å². The van der Waals surface area contributed by atoms with Gasteiger partial charge in [-0.25, -0.2) is 10.9 Å². The Labute approximate surface area is 129 Å². The number of carbonyl (C=O) groups excluding carboxylic acids is 2. The second kappa shape index (κ2) is 6.98. The summed E-state index contributed by atoms with van der Waals surface area (Å²) in [4.78, 5) is 23.2. The molecule has 0 bridgehead atoms. The van der Waals surface area contributed by atoms with Crippen LogP contribution in [-0.4, -0.2) is 23.7 Å². The van der Waals surface area contributed by atoms with Crippen molar-refractivity contribution in [1.29, 1.82) is 0 Å². The minimum Gasteiger partial charge on any atom is -0.273 e. The summed E-state index contributed by atoms with van der Waals surface area (Å²) >= 11 is 0. The Morgan fingerprint density at radius 1 is 1.41 bits per heavy atom. The first-order chi connectivity index (χ1) is 10.5. The number of nitrogens with one attached hydrogen (secondary N) is 2. The third kappa shape index (κ3) is 4.00. The topological polar surface area (TPSA) is 82.9 Å². The fraction of sp³-hybridized carbons (Fsp3) is 0.375. The zero-order valence-electron chi connectivity index (χ0n) is 13.0. The lowest BCUT2D eigenvalue weighted by molar-refractivity contribution is -0.127. The molecule has 2 amide bonds. The normalized spacial score (nSPS) is 17.7. The highest BCUT2D eigenvalue weighted by Gasteiger charge is 2.28. The third-order valence-electron chi connectivity index (χ3n) is 3.56. The molecule has 1 aromatic carbocycles. The van der Waals surface area contributed by atoms with Crippen molar-refractivity contribution in [3.8, 4) is 0 Å². The second-order valence-electron chi connectivity index (χ2n) is 5.60. The van der Waals surface area contributed by atoms with Crippen LogP contribution in [0.5, 0.6) is 0 Å². The number of carbonyl (C=O) groups is 2. The first kappa shape index (κ1) is 15.9. The fourth-order valence-corrected chi connectivity index (χ4v) is 2.11. The molecule has 1 heterocycles. The van der Waals surface area contributed by atoms with E-state index in [1.54, 1.807) is 13.1 Å². The van der Waals surface area contributed by atoms with E-state index >= 15 is 0 Å². The van der Waals surface area contributed by atoms with Crippen LogP contribution in [0.3, 0.4) is 0 Å². The average Bonchev–Trinajstić information content (AvgIpc) is 2.79. The maximum Gasteiger partial charge on any atom is 0.249 e. The van der Waals surface area contributed by atoms with Crippen LogP contribution in [0.25, 0.3) is 0 Å². The van der Waals surface area contributed by atoms with Gasteiger partial charge in [0.1, 0.15) is 0 Å². The zero-order chi connectivity index (χ0) is 16.1. The smallest absolute Gasteiger partial charge is 0.249 e. The molecule has 6 nitrogen and oxygen atoms in total. The Hall–Kier alpha value is -2.50. The van der Waals surface area contributed by atoms with Crippen LogP contribution in [-0.2, 0) is 9.59 Å². The second-order valence-corrected chi connectivity index (χ2v) is 5.60. The molecule has 1 atom stereocenters. The highest BCUT2D eigenvalue weighted by atomic mass is 16.2. The molecular formula is C16H20N4O2. The van der Waals surface area contributed by atoms with E-state index in [1.165, 1.54) is 5.56 Å². The van der Waals surface area contributed by atoms with E-state index in [0.29, 0.717) is 11.6 Å². The molecule has 0 spiro atoms. The minimum absolute atomic E-state index is 0.0464. The van der Waals surface area contributed by atoms with Crippen LogP contribution in [0.4, 0.5) is 0 Å². The molecule has 1 aromatic rings. The maximum atomic E-state index is 11.8. The Balaban J connectivity index is 1.85. The van der Waals surface area contributed by atoms with Crippen LogP contribution < -0.4 is 10.9 Å². The van der Waals surface area contributed by atoms with Gasteiger partial charge in [0.25, 0.3) is 0 Å². The van der Waals surface area contributed by atoms with E-state index in [0.717, 1.165) is 5.56 Å². The molecule has 0 unspecified atom stereocenters. The first-order valence-corrected chi connectivity index (χ1v) is 7.23. The van der Waals surface area contributed by atoms with Crippen molar-refractivity contribution in [3.63, 3.8) is 0 Å². The molecule has 1 aliphatic rings. The van der Waals surface area contributed by atoms with Crippen LogP contribution in [0.15, 0.2) is 34.5 Å². The summed E-state index contributed by atoms with van der Waals surface area (Å²) in [6, 6.07) is 7.98. The quantitative estimate of drug-likeness (QED) is 0.641. The Morgan fingerprint density at radius 2 is 2.09 bits per heavy atom. The summed E-state index contributed by atoms with van der Waals surface area (Å²) in [6.45, 7) is 5.98. The molecule has 22 heavy (non-hydrogen) atoms. The van der Waals surface area contributed by atoms with Gasteiger partial charge in [0.05, 0.1) is 12.1 Å². The molecule has 0 fully saturated rings. The number of benzene rings is 1. The predicted octanol–water partition coefficient (Wildman–Crippen LogP) is 1.77. The molecule has 1 aliphatic heterocycles. The zero-order valence-corrected chi connectivity index (χ0v) is 13.0. The molecule has 116 valence electrons. The maximum absolute atomic E-state index is 11.8. The summed E-state index contributed by atoms with van der Waals surface area (Å²) < 4.78 is 0. The van der Waals surface area contributed by atoms with Gasteiger partial charge in [-0.15, -0.1) is 0 Å². The Kier molecular flexibility index (Phi) is 5.04. The molecule has 2 rings (SSSR count). The number of hydrogen-bond acceptors (Lipinski definition) is 4. The summed E-state index contributed by atoms with van der Waals surface area (Å²) in [5.41, 5.74) is 7.56. The molecule has 0 saturated heterocycles. The lowest BCUT2D eigenvalue weighted by Crippen LogP contribution is -2.29. The summed E-state index contributed by atoms with van der Waals surface area (Å²) in [5, 5.41) is 7.71. The van der Waals surface area contributed by atoms with E-state index in [9.17, 15) is 9.59 Å². The fourth-order valence-electron chi connectivity index (χ4n) is 2.11. The van der Waals surface area contributed by atoms with Gasteiger partial charge in [-0.2, -0.15) is 10.2 Å². The van der Waals surface area contributed by atoms with Crippen molar-refractivity contribution in [2.45, 2.75) is 33.1 Å². The van der Waals surface area contributed by atoms with Gasteiger partial charge in [0, 0.05) is 12.1 Å². The average molecular weight is 300 g/mol. The first-order valence-electron chi connectivity index (χ1n) is 7.23. The highest BCUT2D eigenvalue weighted by Crippen LogP contribution is 2.14. The number of rotatable bonds is 5. The van der Waals surface area contributed by atoms with Gasteiger partial charge in [0.2, 0.25) is 11.8 Å². The monoisotopic (exact) mass is 300 g/mol. The Bertz CT molecular complexity index is 618. The lowest BCUT2D eigenvalue weighted by atomic mass is 10.0. The number of amides is 2.